The van der Waals surface area contributed by atoms with Crippen LogP contribution in [0.15, 0.2) is 163 Å². The van der Waals surface area contributed by atoms with Gasteiger partial charge in [-0.25, -0.2) is 4.79 Å². The van der Waals surface area contributed by atoms with Crippen molar-refractivity contribution in [2.75, 3.05) is 11.1 Å². The summed E-state index contributed by atoms with van der Waals surface area (Å²) in [7, 11) is 0. The predicted octanol–water partition coefficient (Wildman–Crippen LogP) is 9.60. The van der Waals surface area contributed by atoms with Crippen LogP contribution in [0.5, 0.6) is 0 Å². The van der Waals surface area contributed by atoms with Gasteiger partial charge in [0.05, 0.1) is 63.3 Å². The summed E-state index contributed by atoms with van der Waals surface area (Å²) in [5, 5.41) is 5.62. The van der Waals surface area contributed by atoms with Gasteiger partial charge in [0, 0.05) is 40.3 Å². The molecule has 0 bridgehead atoms. The molecule has 4 N–H and O–H groups in total. The number of nitrogens with one attached hydrogen (secondary N) is 2. The van der Waals surface area contributed by atoms with Gasteiger partial charge < -0.3 is 16.0 Å². The smallest absolute Gasteiger partial charge is 0.327 e. The molecular weight excluding hydrogens is 669 g/mol. The van der Waals surface area contributed by atoms with E-state index in [2.05, 4.69) is 61.4 Å². The number of benzene rings is 4. The lowest BCUT2D eigenvalue weighted by atomic mass is 10.0. The van der Waals surface area contributed by atoms with Crippen molar-refractivity contribution >= 4 is 44.2 Å². The molecule has 0 saturated heterocycles. The Morgan fingerprint density at radius 3 is 1.83 bits per heavy atom. The number of H-pyrrole nitrogens is 1. The fraction of sp³-hybridized carbons (Fsp3) is 0.0889. The first kappa shape index (κ1) is 34.0. The molecule has 9 aromatic rings. The Morgan fingerprint density at radius 2 is 1.20 bits per heavy atom. The van der Waals surface area contributed by atoms with Crippen molar-refractivity contribution in [1.29, 1.82) is 0 Å². The van der Waals surface area contributed by atoms with Gasteiger partial charge in [0.1, 0.15) is 0 Å². The van der Waals surface area contributed by atoms with Gasteiger partial charge in [-0.3, -0.25) is 24.5 Å². The lowest BCUT2D eigenvalue weighted by Crippen LogP contribution is -2.21. The fourth-order valence-electron chi connectivity index (χ4n) is 6.89. The van der Waals surface area contributed by atoms with E-state index in [1.165, 1.54) is 5.56 Å². The Balaban J connectivity index is 0.000000154. The van der Waals surface area contributed by atoms with Crippen LogP contribution in [0.4, 0.5) is 11.4 Å². The number of fused-ring (bicyclic) bond motifs is 3. The molecule has 2 atom stereocenters. The van der Waals surface area contributed by atoms with Crippen molar-refractivity contribution in [3.63, 3.8) is 0 Å². The van der Waals surface area contributed by atoms with E-state index >= 15 is 0 Å². The quantitative estimate of drug-likeness (QED) is 0.151. The molecule has 264 valence electrons. The van der Waals surface area contributed by atoms with E-state index in [0.29, 0.717) is 5.69 Å². The summed E-state index contributed by atoms with van der Waals surface area (Å²) in [6.07, 6.45) is 7.03. The van der Waals surface area contributed by atoms with Crippen LogP contribution in [0, 0.1) is 0 Å². The van der Waals surface area contributed by atoms with Crippen LogP contribution >= 0.6 is 0 Å². The number of aromatic nitrogens is 6. The van der Waals surface area contributed by atoms with E-state index in [1.807, 2.05) is 116 Å². The molecule has 0 aliphatic heterocycles. The maximum absolute atomic E-state index is 12.7. The van der Waals surface area contributed by atoms with E-state index < -0.39 is 0 Å². The number of rotatable bonds is 7. The summed E-state index contributed by atoms with van der Waals surface area (Å²) in [6, 6.07) is 44.4. The van der Waals surface area contributed by atoms with Crippen LogP contribution in [0.2, 0.25) is 0 Å². The maximum atomic E-state index is 12.7. The molecule has 9 rings (SSSR count). The van der Waals surface area contributed by atoms with Crippen molar-refractivity contribution in [1.82, 2.24) is 29.5 Å². The number of hydrogen-bond acceptors (Lipinski definition) is 7. The molecule has 54 heavy (non-hydrogen) atoms. The van der Waals surface area contributed by atoms with Gasteiger partial charge in [0.15, 0.2) is 0 Å². The lowest BCUT2D eigenvalue weighted by molar-refractivity contribution is 0.635. The maximum Gasteiger partial charge on any atom is 0.327 e. The molecule has 4 aromatic carbocycles. The number of pyridine rings is 4. The Bertz CT molecular complexity index is 2770. The van der Waals surface area contributed by atoms with Gasteiger partial charge in [-0.2, -0.15) is 0 Å². The highest BCUT2D eigenvalue weighted by molar-refractivity contribution is 5.96. The van der Waals surface area contributed by atoms with Gasteiger partial charge in [0.25, 0.3) is 0 Å². The van der Waals surface area contributed by atoms with Crippen molar-refractivity contribution in [3.8, 4) is 22.5 Å². The second-order valence-electron chi connectivity index (χ2n) is 13.2. The van der Waals surface area contributed by atoms with Crippen LogP contribution in [0.3, 0.4) is 0 Å². The Hall–Kier alpha value is -7.13. The largest absolute Gasteiger partial charge is 0.396 e. The molecule has 0 aliphatic rings. The zero-order valence-electron chi connectivity index (χ0n) is 29.9. The van der Waals surface area contributed by atoms with E-state index in [0.717, 1.165) is 66.6 Å². The predicted molar refractivity (Wildman–Crippen MR) is 219 cm³/mol. The summed E-state index contributed by atoms with van der Waals surface area (Å²) in [4.78, 5) is 33.6. The van der Waals surface area contributed by atoms with E-state index in [-0.39, 0.29) is 17.8 Å². The Morgan fingerprint density at radius 1 is 0.630 bits per heavy atom. The molecule has 0 radical (unpaired) electrons. The zero-order chi connectivity index (χ0) is 37.0. The molecule has 0 unspecified atom stereocenters. The van der Waals surface area contributed by atoms with Crippen molar-refractivity contribution in [2.24, 2.45) is 0 Å². The summed E-state index contributed by atoms with van der Waals surface area (Å²) in [6.45, 7) is 4.16. The first-order valence-electron chi connectivity index (χ1n) is 17.8. The molecule has 9 heteroatoms. The molecule has 5 heterocycles. The van der Waals surface area contributed by atoms with Gasteiger partial charge in [-0.1, -0.05) is 97.1 Å². The van der Waals surface area contributed by atoms with Gasteiger partial charge in [-0.15, -0.1) is 0 Å². The average molecular weight is 707 g/mol. The molecule has 9 nitrogen and oxygen atoms in total. The third-order valence-corrected chi connectivity index (χ3v) is 9.72. The molecule has 0 amide bonds. The normalized spacial score (nSPS) is 12.3. The fourth-order valence-corrected chi connectivity index (χ4v) is 6.89. The Labute approximate surface area is 312 Å². The highest BCUT2D eigenvalue weighted by Crippen LogP contribution is 2.32. The number of hydrogen-bond donors (Lipinski definition) is 3. The third-order valence-electron chi connectivity index (χ3n) is 9.72. The van der Waals surface area contributed by atoms with Crippen LogP contribution < -0.4 is 16.7 Å². The molecular formula is C45H38N8O. The highest BCUT2D eigenvalue weighted by Gasteiger charge is 2.17. The number of nitrogen functional groups attached to an aromatic ring is 1. The van der Waals surface area contributed by atoms with Gasteiger partial charge in [-0.05, 0) is 61.4 Å². The first-order chi connectivity index (χ1) is 26.4. The topological polar surface area (TPSA) is 127 Å². The molecule has 0 saturated carbocycles. The lowest BCUT2D eigenvalue weighted by Gasteiger charge is -2.18. The summed E-state index contributed by atoms with van der Waals surface area (Å²) < 4.78 is 1.79. The number of aromatic amines is 1. The van der Waals surface area contributed by atoms with Crippen LogP contribution in [-0.4, -0.2) is 29.5 Å². The number of anilines is 2. The Kier molecular flexibility index (Phi) is 9.34. The molecule has 5 aromatic heterocycles. The summed E-state index contributed by atoms with van der Waals surface area (Å²) in [5.74, 6) is 0. The molecule has 0 spiro atoms. The number of imidazole rings is 1. The van der Waals surface area contributed by atoms with Crippen molar-refractivity contribution < 1.29 is 0 Å². The van der Waals surface area contributed by atoms with E-state index in [4.69, 9.17) is 5.73 Å². The SMILES string of the molecule is C[C@@H](c1ccccc1)n1c(=O)[nH]c2cnc(-c3cccc4ncccc34)cc21.C[C@H](Nc1cc(-c2cccc3ncccc23)ncc1N)c1ccccc1. The highest BCUT2D eigenvalue weighted by atomic mass is 16.1. The molecule has 0 fully saturated rings. The number of nitrogens with two attached hydrogens (primary N) is 1. The first-order valence-corrected chi connectivity index (χ1v) is 17.8. The minimum absolute atomic E-state index is 0.0908. The second-order valence-corrected chi connectivity index (χ2v) is 13.2. The zero-order valence-corrected chi connectivity index (χ0v) is 29.9. The second kappa shape index (κ2) is 14.8. The minimum Gasteiger partial charge on any atom is -0.396 e. The summed E-state index contributed by atoms with van der Waals surface area (Å²) >= 11 is 0. The standard InChI is InChI=1S/C23H18N4O.C22H20N4/c1-15(16-7-3-2-4-8-16)27-22-13-20(25-14-21(22)26-23(27)28)18-9-5-11-19-17(18)10-6-12-24-19;1-15(16-7-3-2-4-8-16)26-22-13-21(25-14-19(22)23)18-9-5-11-20-17(18)10-6-12-24-20/h2-15H,1H3,(H,26,28);2-15H,23H2,1H3,(H,25,26)/t2*15-/m00/s1. The van der Waals surface area contributed by atoms with Crippen molar-refractivity contribution in [2.45, 2.75) is 25.9 Å². The van der Waals surface area contributed by atoms with Gasteiger partial charge in [0.2, 0.25) is 0 Å². The third kappa shape index (κ3) is 6.78. The monoisotopic (exact) mass is 706 g/mol. The van der Waals surface area contributed by atoms with Gasteiger partial charge >= 0.3 is 5.69 Å². The molecule has 0 aliphatic carbocycles. The van der Waals surface area contributed by atoms with Crippen LogP contribution in [0.25, 0.3) is 55.4 Å². The van der Waals surface area contributed by atoms with E-state index in [1.54, 1.807) is 29.4 Å². The number of nitrogens with zero attached hydrogens (tertiary/aromatic N) is 5. The summed E-state index contributed by atoms with van der Waals surface area (Å²) in [5.41, 5.74) is 17.0. The van der Waals surface area contributed by atoms with Crippen LogP contribution in [-0.2, 0) is 0 Å². The average Bonchev–Trinajstić information content (AvgIpc) is 3.56. The minimum atomic E-state index is -0.134. The van der Waals surface area contributed by atoms with Crippen LogP contribution in [0.1, 0.15) is 37.1 Å². The van der Waals surface area contributed by atoms with E-state index in [9.17, 15) is 4.79 Å². The van der Waals surface area contributed by atoms with Crippen molar-refractivity contribution in [3.05, 3.63) is 180 Å².